The molecule has 0 N–H and O–H groups in total. The van der Waals surface area contributed by atoms with Crippen LogP contribution in [0.4, 0.5) is 0 Å². The van der Waals surface area contributed by atoms with Gasteiger partial charge < -0.3 is 58.1 Å². The first kappa shape index (κ1) is 82.2. The van der Waals surface area contributed by atoms with Crippen molar-refractivity contribution in [2.24, 2.45) is 0 Å². The van der Waals surface area contributed by atoms with E-state index in [-0.39, 0.29) is 296 Å². The summed E-state index contributed by atoms with van der Waals surface area (Å²) in [7, 11) is -54.6. The Bertz CT molecular complexity index is 1040. The summed E-state index contributed by atoms with van der Waals surface area (Å²) in [4.78, 5) is 106. The summed E-state index contributed by atoms with van der Waals surface area (Å²) < 4.78 is 105. The van der Waals surface area contributed by atoms with Crippen LogP contribution in [-0.2, 0) is 66.7 Å². The van der Waals surface area contributed by atoms with Gasteiger partial charge in [0.05, 0.1) is 15.6 Å². The Morgan fingerprint density at radius 3 is 0.419 bits per heavy atom. The maximum Gasteiger partial charge on any atom is 1.00 e. The van der Waals surface area contributed by atoms with Gasteiger partial charge in [-0.15, -0.1) is 0 Å². The molecule has 0 aromatic heterocycles. The Kier molecular flexibility index (Phi) is 63.1. The molecule has 0 amide bonds. The maximum absolute atomic E-state index is 11.2. The van der Waals surface area contributed by atoms with Gasteiger partial charge in [-0.05, 0) is 0 Å². The van der Waals surface area contributed by atoms with Crippen molar-refractivity contribution in [3.63, 3.8) is 0 Å². The first-order valence-electron chi connectivity index (χ1n) is 5.84. The average molecular weight is 878 g/mol. The molecule has 6 unspecified atom stereocenters. The van der Waals surface area contributed by atoms with E-state index in [1.165, 1.54) is 0 Å². The SMILES string of the molecule is O=P([O-])([O-])OP(=O)([O-])OP(=O)([O-])OP(=O)([O-])OP(=O)([O-])OP(=O)([O-])OP(=O)([O-])OP(=O)([O-])[O-].[Na+].[Na+].[Na+].[Na+].[Na+].[Na+].[Na+].[Na+].[Na+].[Na+]. The van der Waals surface area contributed by atoms with E-state index in [0.717, 1.165) is 0 Å². The van der Waals surface area contributed by atoms with Crippen LogP contribution in [0.3, 0.4) is 0 Å². The molecule has 0 aromatic rings. The van der Waals surface area contributed by atoms with Crippen molar-refractivity contribution in [2.45, 2.75) is 0 Å². The Morgan fingerprint density at radius 1 is 0.233 bits per heavy atom. The van der Waals surface area contributed by atoms with E-state index in [2.05, 4.69) is 30.2 Å². The Labute approximate surface area is 463 Å². The van der Waals surface area contributed by atoms with E-state index in [4.69, 9.17) is 0 Å². The van der Waals surface area contributed by atoms with Gasteiger partial charge in [0.1, 0.15) is 0 Å². The molecule has 0 radical (unpaired) electrons. The summed E-state index contributed by atoms with van der Waals surface area (Å²) in [6.45, 7) is 0. The van der Waals surface area contributed by atoms with Crippen molar-refractivity contribution in [3.8, 4) is 0 Å². The minimum absolute atomic E-state index is 0. The molecule has 0 rings (SSSR count). The third kappa shape index (κ3) is 49.2. The van der Waals surface area contributed by atoms with Crippen LogP contribution in [-0.4, -0.2) is 0 Å². The number of phosphoric acid groups is 8. The minimum Gasteiger partial charge on any atom is -0.790 e. The smallest absolute Gasteiger partial charge is 0.790 e. The van der Waals surface area contributed by atoms with Gasteiger partial charge in [-0.3, -0.25) is 36.0 Å². The van der Waals surface area contributed by atoms with E-state index in [9.17, 15) is 85.5 Å². The van der Waals surface area contributed by atoms with Crippen LogP contribution >= 0.6 is 62.6 Å². The van der Waals surface area contributed by atoms with Gasteiger partial charge >= 0.3 is 296 Å². The van der Waals surface area contributed by atoms with Crippen molar-refractivity contribution < 1.29 is 411 Å². The zero-order chi connectivity index (χ0) is 26.9. The molecule has 0 fully saturated rings. The molecular weight excluding hydrogens is 878 g/mol. The number of rotatable bonds is 14. The molecule has 43 heteroatoms. The molecule has 0 aliphatic heterocycles. The van der Waals surface area contributed by atoms with Crippen LogP contribution < -0.4 is 345 Å². The quantitative estimate of drug-likeness (QED) is 0.115. The second kappa shape index (κ2) is 33.0. The van der Waals surface area contributed by atoms with Gasteiger partial charge in [-0.2, -0.15) is 0 Å². The third-order valence-corrected chi connectivity index (χ3v) is 12.6. The van der Waals surface area contributed by atoms with Gasteiger partial charge in [0, 0.05) is 0 Å². The molecule has 0 aliphatic carbocycles. The average Bonchev–Trinajstić information content (AvgIpc) is 2.20. The van der Waals surface area contributed by atoms with Crippen LogP contribution in [0.2, 0.25) is 0 Å². The Balaban J connectivity index is -0.000000114. The molecular formula is Na10O25P8. The van der Waals surface area contributed by atoms with Crippen molar-refractivity contribution in [2.75, 3.05) is 0 Å². The van der Waals surface area contributed by atoms with Crippen molar-refractivity contribution in [3.05, 3.63) is 0 Å². The normalized spacial score (nSPS) is 18.7. The van der Waals surface area contributed by atoms with Crippen LogP contribution in [0.15, 0.2) is 0 Å². The monoisotopic (exact) mass is 878 g/mol. The second-order valence-electron chi connectivity index (χ2n) is 4.15. The summed E-state index contributed by atoms with van der Waals surface area (Å²) in [5.74, 6) is 0. The topological polar surface area (TPSA) is 432 Å². The number of hydrogen-bond donors (Lipinski definition) is 0. The zero-order valence-electron chi connectivity index (χ0n) is 23.8. The summed E-state index contributed by atoms with van der Waals surface area (Å²) >= 11 is 0. The first-order chi connectivity index (χ1) is 13.9. The van der Waals surface area contributed by atoms with Crippen LogP contribution in [0.5, 0.6) is 0 Å². The van der Waals surface area contributed by atoms with Crippen molar-refractivity contribution in [1.82, 2.24) is 0 Å². The fraction of sp³-hybridized carbons (Fsp3) is 0. The fourth-order valence-corrected chi connectivity index (χ4v) is 10.1. The van der Waals surface area contributed by atoms with E-state index in [0.29, 0.717) is 0 Å². The molecule has 0 spiro atoms. The summed E-state index contributed by atoms with van der Waals surface area (Å²) in [5.41, 5.74) is 0. The van der Waals surface area contributed by atoms with Gasteiger partial charge in [0.15, 0.2) is 0 Å². The molecule has 200 valence electrons. The van der Waals surface area contributed by atoms with E-state index >= 15 is 0 Å². The molecule has 0 aliphatic rings. The van der Waals surface area contributed by atoms with Gasteiger partial charge in [-0.1, -0.05) is 0 Å². The molecule has 43 heavy (non-hydrogen) atoms. The molecule has 0 bridgehead atoms. The van der Waals surface area contributed by atoms with Gasteiger partial charge in [-0.25, -0.2) is 21.6 Å². The molecule has 0 saturated carbocycles. The fourth-order valence-electron chi connectivity index (χ4n) is 0.947. The molecule has 0 saturated heterocycles. The molecule has 0 aromatic carbocycles. The van der Waals surface area contributed by atoms with E-state index < -0.39 is 62.6 Å². The van der Waals surface area contributed by atoms with Crippen LogP contribution in [0, 0.1) is 0 Å². The predicted molar refractivity (Wildman–Crippen MR) is 68.4 cm³/mol. The molecule has 0 heterocycles. The maximum atomic E-state index is 11.2. The van der Waals surface area contributed by atoms with Crippen molar-refractivity contribution >= 4 is 62.6 Å². The third-order valence-electron chi connectivity index (χ3n) is 1.40. The minimum atomic E-state index is -7.07. The Hall–Kier alpha value is 11.2. The first-order valence-corrected chi connectivity index (χ1v) is 17.5. The van der Waals surface area contributed by atoms with Crippen LogP contribution in [0.1, 0.15) is 0 Å². The van der Waals surface area contributed by atoms with E-state index in [1.54, 1.807) is 0 Å². The summed E-state index contributed by atoms with van der Waals surface area (Å²) in [6, 6.07) is 0. The van der Waals surface area contributed by atoms with E-state index in [1.807, 2.05) is 0 Å². The summed E-state index contributed by atoms with van der Waals surface area (Å²) in [5, 5.41) is 0. The molecule has 6 atom stereocenters. The zero-order valence-corrected chi connectivity index (χ0v) is 50.9. The summed E-state index contributed by atoms with van der Waals surface area (Å²) in [6.07, 6.45) is 0. The largest absolute Gasteiger partial charge is 1.00 e. The second-order valence-corrected chi connectivity index (χ2v) is 15.9. The van der Waals surface area contributed by atoms with Gasteiger partial charge in [0.25, 0.3) is 46.9 Å². The Morgan fingerprint density at radius 2 is 0.326 bits per heavy atom. The van der Waals surface area contributed by atoms with Crippen molar-refractivity contribution in [1.29, 1.82) is 0 Å². The molecule has 25 nitrogen and oxygen atoms in total. The van der Waals surface area contributed by atoms with Crippen LogP contribution in [0.25, 0.3) is 0 Å². The standard InChI is InChI=1S/10Na.H10O25P8/c;;;;;;;;;;1-26(2,3)19-28(7,8)21-30(11,12)23-32(15,16)25-33(17,18)24-31(13,14)22-29(9,10)20-27(4,5)6/h;;;;;;;;;;(H,7,8)(H,9,10)(H,11,12)(H,13,14)(H,15,16)(H,17,18)(H2,1,2,3)(H2,4,5,6)/q10*+1;/p-10. The van der Waals surface area contributed by atoms with Gasteiger partial charge in [0.2, 0.25) is 0 Å². The number of hydrogen-bond acceptors (Lipinski definition) is 25. The predicted octanol–water partition coefficient (Wildman–Crippen LogP) is -36.4.